The zero-order chi connectivity index (χ0) is 14.5. The molecule has 1 amide bonds. The van der Waals surface area contributed by atoms with Crippen LogP contribution in [0.15, 0.2) is 12.1 Å². The minimum atomic E-state index is -0.240. The van der Waals surface area contributed by atoms with Crippen LogP contribution in [-0.2, 0) is 4.74 Å². The third-order valence-corrected chi connectivity index (χ3v) is 3.18. The van der Waals surface area contributed by atoms with Crippen molar-refractivity contribution in [2.45, 2.75) is 0 Å². The lowest BCUT2D eigenvalue weighted by Crippen LogP contribution is -2.36. The number of ether oxygens (including phenoxy) is 3. The molecule has 0 radical (unpaired) electrons. The van der Waals surface area contributed by atoms with E-state index < -0.39 is 0 Å². The maximum Gasteiger partial charge on any atom is 0.254 e. The van der Waals surface area contributed by atoms with Crippen LogP contribution in [0.2, 0.25) is 5.02 Å². The average Bonchev–Trinajstić information content (AvgIpc) is 2.91. The first-order valence-corrected chi connectivity index (χ1v) is 6.53. The summed E-state index contributed by atoms with van der Waals surface area (Å²) in [6.45, 7) is 0.991. The predicted octanol–water partition coefficient (Wildman–Crippen LogP) is 1.15. The van der Waals surface area contributed by atoms with Crippen LogP contribution < -0.4 is 9.47 Å². The number of methoxy groups -OCH3 is 1. The van der Waals surface area contributed by atoms with Gasteiger partial charge in [-0.3, -0.25) is 4.79 Å². The lowest BCUT2D eigenvalue weighted by molar-refractivity contribution is 0.0656. The second-order valence-electron chi connectivity index (χ2n) is 4.20. The van der Waals surface area contributed by atoms with Crippen LogP contribution >= 0.6 is 11.6 Å². The van der Waals surface area contributed by atoms with Crippen molar-refractivity contribution in [3.8, 4) is 11.5 Å². The van der Waals surface area contributed by atoms with Crippen molar-refractivity contribution in [2.75, 3.05) is 40.2 Å². The summed E-state index contributed by atoms with van der Waals surface area (Å²) in [7, 11) is 1.55. The molecule has 6 nitrogen and oxygen atoms in total. The number of rotatable bonds is 6. The van der Waals surface area contributed by atoms with E-state index >= 15 is 0 Å². The molecule has 0 aliphatic carbocycles. The minimum absolute atomic E-state index is 0.0940. The lowest BCUT2D eigenvalue weighted by Gasteiger charge is -2.21. The smallest absolute Gasteiger partial charge is 0.254 e. The number of carbonyl (C=O) groups excluding carboxylic acids is 1. The molecular weight excluding hydrogens is 286 g/mol. The topological polar surface area (TPSA) is 68.2 Å². The number of amides is 1. The van der Waals surface area contributed by atoms with Gasteiger partial charge in [-0.05, 0) is 12.1 Å². The predicted molar refractivity (Wildman–Crippen MR) is 72.4 cm³/mol. The van der Waals surface area contributed by atoms with Gasteiger partial charge in [0.05, 0.1) is 18.2 Å². The Balaban J connectivity index is 2.20. The summed E-state index contributed by atoms with van der Waals surface area (Å²) in [5.74, 6) is 0.668. The van der Waals surface area contributed by atoms with Crippen molar-refractivity contribution in [1.29, 1.82) is 0 Å². The quantitative estimate of drug-likeness (QED) is 0.853. The van der Waals surface area contributed by atoms with Crippen molar-refractivity contribution in [3.05, 3.63) is 22.7 Å². The molecular formula is C13H16ClNO5. The maximum atomic E-state index is 12.4. The number of aliphatic hydroxyl groups excluding tert-OH is 1. The third-order valence-electron chi connectivity index (χ3n) is 2.90. The second-order valence-corrected chi connectivity index (χ2v) is 4.61. The lowest BCUT2D eigenvalue weighted by atomic mass is 10.1. The molecule has 0 unspecified atom stereocenters. The van der Waals surface area contributed by atoms with E-state index in [9.17, 15) is 4.79 Å². The molecule has 0 spiro atoms. The molecule has 110 valence electrons. The number of aliphatic hydroxyl groups is 1. The highest BCUT2D eigenvalue weighted by Gasteiger charge is 2.23. The summed E-state index contributed by atoms with van der Waals surface area (Å²) >= 11 is 6.06. The number of fused-ring (bicyclic) bond motifs is 1. The molecule has 1 aromatic rings. The largest absolute Gasteiger partial charge is 0.454 e. The fourth-order valence-electron chi connectivity index (χ4n) is 1.91. The van der Waals surface area contributed by atoms with Gasteiger partial charge in [0.15, 0.2) is 11.5 Å². The fourth-order valence-corrected chi connectivity index (χ4v) is 2.18. The average molecular weight is 302 g/mol. The monoisotopic (exact) mass is 301 g/mol. The first-order valence-electron chi connectivity index (χ1n) is 6.15. The van der Waals surface area contributed by atoms with Crippen LogP contribution in [0.1, 0.15) is 10.4 Å². The molecule has 20 heavy (non-hydrogen) atoms. The van der Waals surface area contributed by atoms with E-state index in [1.54, 1.807) is 13.2 Å². The highest BCUT2D eigenvalue weighted by atomic mass is 35.5. The first-order chi connectivity index (χ1) is 9.67. The highest BCUT2D eigenvalue weighted by Crippen LogP contribution is 2.39. The van der Waals surface area contributed by atoms with E-state index in [-0.39, 0.29) is 25.9 Å². The van der Waals surface area contributed by atoms with E-state index in [0.29, 0.717) is 35.2 Å². The molecule has 1 heterocycles. The second kappa shape index (κ2) is 6.78. The van der Waals surface area contributed by atoms with Crippen LogP contribution in [0.4, 0.5) is 0 Å². The van der Waals surface area contributed by atoms with Gasteiger partial charge >= 0.3 is 0 Å². The van der Waals surface area contributed by atoms with E-state index in [0.717, 1.165) is 0 Å². The normalized spacial score (nSPS) is 12.6. The van der Waals surface area contributed by atoms with Crippen molar-refractivity contribution in [1.82, 2.24) is 4.90 Å². The van der Waals surface area contributed by atoms with Crippen molar-refractivity contribution >= 4 is 17.5 Å². The van der Waals surface area contributed by atoms with E-state index in [1.165, 1.54) is 11.0 Å². The molecule has 1 N–H and O–H groups in total. The molecule has 1 aromatic carbocycles. The SMILES string of the molecule is COCCN(CCO)C(=O)c1cc(Cl)c2c(c1)OCO2. The van der Waals surface area contributed by atoms with Crippen molar-refractivity contribution in [3.63, 3.8) is 0 Å². The Morgan fingerprint density at radius 2 is 2.25 bits per heavy atom. The van der Waals surface area contributed by atoms with Gasteiger partial charge in [0.25, 0.3) is 5.91 Å². The third kappa shape index (κ3) is 3.15. The fraction of sp³-hybridized carbons (Fsp3) is 0.462. The van der Waals surface area contributed by atoms with E-state index in [4.69, 9.17) is 30.9 Å². The Kier molecular flexibility index (Phi) is 5.05. The zero-order valence-corrected chi connectivity index (χ0v) is 11.9. The van der Waals surface area contributed by atoms with Crippen LogP contribution in [0, 0.1) is 0 Å². The molecule has 2 rings (SSSR count). The molecule has 0 bridgehead atoms. The van der Waals surface area contributed by atoms with Crippen LogP contribution in [-0.4, -0.2) is 56.1 Å². The number of hydrogen-bond donors (Lipinski definition) is 1. The summed E-state index contributed by atoms with van der Waals surface area (Å²) in [5.41, 5.74) is 0.392. The Morgan fingerprint density at radius 3 is 2.95 bits per heavy atom. The summed E-state index contributed by atoms with van der Waals surface area (Å²) < 4.78 is 15.4. The highest BCUT2D eigenvalue weighted by molar-refractivity contribution is 6.32. The van der Waals surface area contributed by atoms with Gasteiger partial charge < -0.3 is 24.2 Å². The summed E-state index contributed by atoms with van der Waals surface area (Å²) in [6, 6.07) is 3.13. The summed E-state index contributed by atoms with van der Waals surface area (Å²) in [6.07, 6.45) is 0. The van der Waals surface area contributed by atoms with Crippen LogP contribution in [0.5, 0.6) is 11.5 Å². The Bertz CT molecular complexity index is 494. The van der Waals surface area contributed by atoms with Crippen molar-refractivity contribution in [2.24, 2.45) is 0 Å². The Morgan fingerprint density at radius 1 is 1.45 bits per heavy atom. The molecule has 7 heteroatoms. The van der Waals surface area contributed by atoms with Gasteiger partial charge in [0, 0.05) is 25.8 Å². The number of halogens is 1. The van der Waals surface area contributed by atoms with Gasteiger partial charge in [-0.1, -0.05) is 11.6 Å². The van der Waals surface area contributed by atoms with Gasteiger partial charge in [-0.2, -0.15) is 0 Å². The van der Waals surface area contributed by atoms with Gasteiger partial charge in [-0.15, -0.1) is 0 Å². The number of carbonyl (C=O) groups is 1. The zero-order valence-electron chi connectivity index (χ0n) is 11.1. The molecule has 0 saturated carbocycles. The Labute approximate surface area is 121 Å². The maximum absolute atomic E-state index is 12.4. The number of benzene rings is 1. The summed E-state index contributed by atoms with van der Waals surface area (Å²) in [5, 5.41) is 9.37. The molecule has 0 fully saturated rings. The van der Waals surface area contributed by atoms with Crippen LogP contribution in [0.3, 0.4) is 0 Å². The molecule has 0 atom stereocenters. The number of nitrogens with zero attached hydrogens (tertiary/aromatic N) is 1. The molecule has 0 aromatic heterocycles. The van der Waals surface area contributed by atoms with Crippen LogP contribution in [0.25, 0.3) is 0 Å². The van der Waals surface area contributed by atoms with Gasteiger partial charge in [0.1, 0.15) is 0 Å². The summed E-state index contributed by atoms with van der Waals surface area (Å²) in [4.78, 5) is 13.9. The molecule has 1 aliphatic rings. The standard InChI is InChI=1S/C13H16ClNO5/c1-18-5-3-15(2-4-16)13(17)9-6-10(14)12-11(7-9)19-8-20-12/h6-7,16H,2-5,8H2,1H3. The number of hydrogen-bond acceptors (Lipinski definition) is 5. The first kappa shape index (κ1) is 14.9. The van der Waals surface area contributed by atoms with Gasteiger partial charge in [-0.25, -0.2) is 0 Å². The van der Waals surface area contributed by atoms with Gasteiger partial charge in [0.2, 0.25) is 6.79 Å². The van der Waals surface area contributed by atoms with E-state index in [2.05, 4.69) is 0 Å². The van der Waals surface area contributed by atoms with E-state index in [1.807, 2.05) is 0 Å². The Hall–Kier alpha value is -1.50. The minimum Gasteiger partial charge on any atom is -0.454 e. The molecule has 0 saturated heterocycles. The molecule has 1 aliphatic heterocycles. The van der Waals surface area contributed by atoms with Crippen molar-refractivity contribution < 1.29 is 24.1 Å².